The minimum atomic E-state index is -2.55. The largest absolute Gasteiger partial charge is 0.517 e. The molecule has 1 atom stereocenters. The SMILES string of the molecule is CCC(NCCCCN)[Si](OC)(OC)OC. The maximum Gasteiger partial charge on any atom is 0.517 e. The zero-order valence-electron chi connectivity index (χ0n) is 10.9. The molecule has 98 valence electrons. The molecule has 0 spiro atoms. The summed E-state index contributed by atoms with van der Waals surface area (Å²) >= 11 is 0. The van der Waals surface area contributed by atoms with Gasteiger partial charge in [0.05, 0.1) is 5.67 Å². The second-order valence-electron chi connectivity index (χ2n) is 3.63. The molecule has 16 heavy (non-hydrogen) atoms. The van der Waals surface area contributed by atoms with Crippen molar-refractivity contribution in [2.45, 2.75) is 31.9 Å². The smallest absolute Gasteiger partial charge is 0.376 e. The highest BCUT2D eigenvalue weighted by molar-refractivity contribution is 6.62. The predicted molar refractivity (Wildman–Crippen MR) is 67.2 cm³/mol. The number of nitrogens with one attached hydrogen (secondary N) is 1. The van der Waals surface area contributed by atoms with Gasteiger partial charge in [0, 0.05) is 21.3 Å². The average Bonchev–Trinajstić information content (AvgIpc) is 2.34. The van der Waals surface area contributed by atoms with E-state index in [-0.39, 0.29) is 5.67 Å². The highest BCUT2D eigenvalue weighted by atomic mass is 28.4. The Morgan fingerprint density at radius 1 is 1.12 bits per heavy atom. The van der Waals surface area contributed by atoms with Crippen molar-refractivity contribution >= 4 is 8.80 Å². The third-order valence-electron chi connectivity index (χ3n) is 2.71. The van der Waals surface area contributed by atoms with Crippen molar-refractivity contribution in [2.24, 2.45) is 5.73 Å². The van der Waals surface area contributed by atoms with Gasteiger partial charge in [-0.2, -0.15) is 0 Å². The summed E-state index contributed by atoms with van der Waals surface area (Å²) in [6.45, 7) is 3.75. The molecule has 0 heterocycles. The molecule has 5 nitrogen and oxygen atoms in total. The van der Waals surface area contributed by atoms with Crippen molar-refractivity contribution in [3.8, 4) is 0 Å². The number of unbranched alkanes of at least 4 members (excludes halogenated alkanes) is 1. The monoisotopic (exact) mass is 250 g/mol. The van der Waals surface area contributed by atoms with Crippen LogP contribution in [0.4, 0.5) is 0 Å². The topological polar surface area (TPSA) is 65.7 Å². The van der Waals surface area contributed by atoms with Crippen molar-refractivity contribution in [3.05, 3.63) is 0 Å². The molecule has 0 saturated heterocycles. The van der Waals surface area contributed by atoms with E-state index in [0.29, 0.717) is 0 Å². The van der Waals surface area contributed by atoms with Gasteiger partial charge in [0.25, 0.3) is 0 Å². The molecule has 0 bridgehead atoms. The van der Waals surface area contributed by atoms with Crippen LogP contribution < -0.4 is 11.1 Å². The third-order valence-corrected chi connectivity index (χ3v) is 5.88. The maximum absolute atomic E-state index is 5.45. The molecule has 0 aliphatic carbocycles. The van der Waals surface area contributed by atoms with Crippen LogP contribution in [-0.2, 0) is 13.3 Å². The lowest BCUT2D eigenvalue weighted by atomic mass is 10.3. The fraction of sp³-hybridized carbons (Fsp3) is 1.00. The molecule has 0 amide bonds. The van der Waals surface area contributed by atoms with E-state index in [4.69, 9.17) is 19.0 Å². The zero-order valence-corrected chi connectivity index (χ0v) is 11.9. The van der Waals surface area contributed by atoms with E-state index < -0.39 is 8.80 Å². The first-order valence-corrected chi connectivity index (χ1v) is 7.59. The van der Waals surface area contributed by atoms with Crippen molar-refractivity contribution in [2.75, 3.05) is 34.4 Å². The molecule has 0 rings (SSSR count). The molecule has 0 aliphatic rings. The number of hydrogen-bond acceptors (Lipinski definition) is 5. The van der Waals surface area contributed by atoms with Gasteiger partial charge >= 0.3 is 8.80 Å². The first-order chi connectivity index (χ1) is 7.70. The van der Waals surface area contributed by atoms with Gasteiger partial charge in [-0.05, 0) is 32.4 Å². The van der Waals surface area contributed by atoms with Gasteiger partial charge in [-0.15, -0.1) is 0 Å². The van der Waals surface area contributed by atoms with E-state index >= 15 is 0 Å². The summed E-state index contributed by atoms with van der Waals surface area (Å²) < 4.78 is 16.4. The standard InChI is InChI=1S/C10H26N2O3Si/c1-5-10(12-9-7-6-8-11)16(13-2,14-3)15-4/h10,12H,5-9,11H2,1-4H3. The van der Waals surface area contributed by atoms with Crippen LogP contribution in [0, 0.1) is 0 Å². The molecule has 0 aromatic heterocycles. The Morgan fingerprint density at radius 2 is 1.69 bits per heavy atom. The highest BCUT2D eigenvalue weighted by Gasteiger charge is 2.46. The van der Waals surface area contributed by atoms with Crippen LogP contribution in [0.15, 0.2) is 0 Å². The van der Waals surface area contributed by atoms with E-state index in [1.807, 2.05) is 0 Å². The van der Waals surface area contributed by atoms with Crippen LogP contribution in [0.25, 0.3) is 0 Å². The molecule has 1 unspecified atom stereocenters. The fourth-order valence-electron chi connectivity index (χ4n) is 1.74. The van der Waals surface area contributed by atoms with Crippen LogP contribution in [0.2, 0.25) is 0 Å². The lowest BCUT2D eigenvalue weighted by molar-refractivity contribution is 0.106. The molecule has 0 saturated carbocycles. The molecular weight excluding hydrogens is 224 g/mol. The Balaban J connectivity index is 4.21. The van der Waals surface area contributed by atoms with Crippen molar-refractivity contribution < 1.29 is 13.3 Å². The quantitative estimate of drug-likeness (QED) is 0.437. The second kappa shape index (κ2) is 9.09. The summed E-state index contributed by atoms with van der Waals surface area (Å²) in [6, 6.07) is 0. The highest BCUT2D eigenvalue weighted by Crippen LogP contribution is 2.14. The van der Waals surface area contributed by atoms with Gasteiger partial charge in [-0.1, -0.05) is 6.92 Å². The Bertz CT molecular complexity index is 160. The molecule has 0 aromatic rings. The van der Waals surface area contributed by atoms with Crippen LogP contribution in [0.1, 0.15) is 26.2 Å². The summed E-state index contributed by atoms with van der Waals surface area (Å²) in [5, 5.41) is 3.43. The molecule has 6 heteroatoms. The first kappa shape index (κ1) is 16.0. The van der Waals surface area contributed by atoms with Crippen molar-refractivity contribution in [3.63, 3.8) is 0 Å². The Labute approximate surface area is 100 Å². The Kier molecular flexibility index (Phi) is 9.10. The third kappa shape index (κ3) is 4.48. The van der Waals surface area contributed by atoms with E-state index in [1.165, 1.54) is 0 Å². The van der Waals surface area contributed by atoms with Gasteiger partial charge < -0.3 is 24.3 Å². The first-order valence-electron chi connectivity index (χ1n) is 5.79. The van der Waals surface area contributed by atoms with Gasteiger partial charge in [-0.25, -0.2) is 0 Å². The maximum atomic E-state index is 5.45. The van der Waals surface area contributed by atoms with Crippen molar-refractivity contribution in [1.29, 1.82) is 0 Å². The molecule has 0 aliphatic heterocycles. The van der Waals surface area contributed by atoms with Gasteiger partial charge in [0.15, 0.2) is 0 Å². The van der Waals surface area contributed by atoms with E-state index in [2.05, 4.69) is 12.2 Å². The summed E-state index contributed by atoms with van der Waals surface area (Å²) in [5.41, 5.74) is 5.59. The minimum Gasteiger partial charge on any atom is -0.376 e. The normalized spacial score (nSPS) is 14.1. The molecule has 3 N–H and O–H groups in total. The lowest BCUT2D eigenvalue weighted by Gasteiger charge is -2.32. The van der Waals surface area contributed by atoms with Crippen LogP contribution in [0.5, 0.6) is 0 Å². The summed E-state index contributed by atoms with van der Waals surface area (Å²) in [7, 11) is 2.38. The fourth-order valence-corrected chi connectivity index (χ4v) is 3.99. The molecule has 0 radical (unpaired) electrons. The van der Waals surface area contributed by atoms with Crippen molar-refractivity contribution in [1.82, 2.24) is 5.32 Å². The minimum absolute atomic E-state index is 0.144. The molecular formula is C10H26N2O3Si. The molecule has 0 aromatic carbocycles. The van der Waals surface area contributed by atoms with Crippen LogP contribution in [0.3, 0.4) is 0 Å². The van der Waals surface area contributed by atoms with Gasteiger partial charge in [0.2, 0.25) is 0 Å². The van der Waals surface area contributed by atoms with Gasteiger partial charge in [0.1, 0.15) is 0 Å². The lowest BCUT2D eigenvalue weighted by Crippen LogP contribution is -2.60. The second-order valence-corrected chi connectivity index (χ2v) is 6.76. The number of hydrogen-bond donors (Lipinski definition) is 2. The average molecular weight is 250 g/mol. The zero-order chi connectivity index (χ0) is 12.4. The number of nitrogens with two attached hydrogens (primary N) is 1. The van der Waals surface area contributed by atoms with Gasteiger partial charge in [-0.3, -0.25) is 0 Å². The predicted octanol–water partition coefficient (Wildman–Crippen LogP) is 0.511. The van der Waals surface area contributed by atoms with E-state index in [9.17, 15) is 0 Å². The van der Waals surface area contributed by atoms with Crippen LogP contribution >= 0.6 is 0 Å². The number of rotatable bonds is 10. The summed E-state index contributed by atoms with van der Waals surface area (Å²) in [4.78, 5) is 0. The van der Waals surface area contributed by atoms with E-state index in [0.717, 1.165) is 32.4 Å². The summed E-state index contributed by atoms with van der Waals surface area (Å²) in [5.74, 6) is 0. The molecule has 0 fully saturated rings. The summed E-state index contributed by atoms with van der Waals surface area (Å²) in [6.07, 6.45) is 3.02. The van der Waals surface area contributed by atoms with Crippen LogP contribution in [-0.4, -0.2) is 48.9 Å². The Morgan fingerprint density at radius 3 is 2.06 bits per heavy atom. The Hall–Kier alpha value is 0.0169. The van der Waals surface area contributed by atoms with E-state index in [1.54, 1.807) is 21.3 Å².